The van der Waals surface area contributed by atoms with E-state index in [4.69, 9.17) is 0 Å². The Morgan fingerprint density at radius 1 is 1.38 bits per heavy atom. The van der Waals surface area contributed by atoms with E-state index >= 15 is 0 Å². The maximum Gasteiger partial charge on any atom is 0.226 e. The number of aromatic nitrogens is 2. The molecule has 1 amide bonds. The number of nitrogens with zero attached hydrogens (tertiary/aromatic N) is 3. The molecule has 0 spiro atoms. The molecule has 0 bridgehead atoms. The van der Waals surface area contributed by atoms with E-state index in [0.29, 0.717) is 18.2 Å². The van der Waals surface area contributed by atoms with E-state index in [-0.39, 0.29) is 11.8 Å². The molecule has 1 N–H and O–H groups in total. The van der Waals surface area contributed by atoms with Crippen molar-refractivity contribution in [1.82, 2.24) is 9.97 Å². The Labute approximate surface area is 124 Å². The summed E-state index contributed by atoms with van der Waals surface area (Å²) >= 11 is 0. The fourth-order valence-corrected chi connectivity index (χ4v) is 2.98. The average molecular weight is 284 g/mol. The summed E-state index contributed by atoms with van der Waals surface area (Å²) in [4.78, 5) is 23.1. The van der Waals surface area contributed by atoms with Crippen LogP contribution in [0.4, 0.5) is 11.6 Å². The highest BCUT2D eigenvalue weighted by Gasteiger charge is 2.31. The van der Waals surface area contributed by atoms with E-state index in [9.17, 15) is 4.79 Å². The van der Waals surface area contributed by atoms with Crippen molar-refractivity contribution in [2.24, 2.45) is 5.92 Å². The number of anilines is 2. The molecule has 0 saturated heterocycles. The van der Waals surface area contributed by atoms with E-state index in [1.165, 1.54) is 0 Å². The molecule has 1 aliphatic heterocycles. The summed E-state index contributed by atoms with van der Waals surface area (Å²) < 4.78 is 0. The summed E-state index contributed by atoms with van der Waals surface area (Å²) in [6, 6.07) is 4.01. The number of nitrogens with one attached hydrogen (secondary N) is 1. The molecule has 1 atom stereocenters. The predicted octanol–water partition coefficient (Wildman–Crippen LogP) is 2.78. The molecule has 0 saturated carbocycles. The van der Waals surface area contributed by atoms with Gasteiger partial charge in [-0.3, -0.25) is 9.78 Å². The van der Waals surface area contributed by atoms with Crippen LogP contribution in [0, 0.1) is 5.92 Å². The molecule has 0 aliphatic carbocycles. The first kappa shape index (κ1) is 13.8. The second kappa shape index (κ2) is 4.98. The molecular weight excluding hydrogens is 264 g/mol. The van der Waals surface area contributed by atoms with Crippen molar-refractivity contribution in [3.63, 3.8) is 0 Å². The minimum absolute atomic E-state index is 0.0432. The minimum atomic E-state index is 0.0432. The second-order valence-electron chi connectivity index (χ2n) is 6.09. The van der Waals surface area contributed by atoms with E-state index in [2.05, 4.69) is 35.2 Å². The lowest BCUT2D eigenvalue weighted by Crippen LogP contribution is -2.27. The number of hydrogen-bond acceptors (Lipinski definition) is 4. The molecule has 3 heterocycles. The standard InChI is InChI=1S/C16H20N4O/c1-9(2)11-8-12(21)18-15-13(11)10-6-5-7-17-14(10)16(19-15)20(3)4/h5-7,9,11H,8H2,1-4H3,(H,18,19,21). The Hall–Kier alpha value is -2.17. The molecule has 1 aliphatic rings. The fourth-order valence-electron chi connectivity index (χ4n) is 2.98. The monoisotopic (exact) mass is 284 g/mol. The van der Waals surface area contributed by atoms with Gasteiger partial charge < -0.3 is 10.2 Å². The third-order valence-electron chi connectivity index (χ3n) is 4.04. The van der Waals surface area contributed by atoms with Gasteiger partial charge in [0.05, 0.1) is 0 Å². The lowest BCUT2D eigenvalue weighted by molar-refractivity contribution is -0.117. The molecule has 21 heavy (non-hydrogen) atoms. The smallest absolute Gasteiger partial charge is 0.226 e. The predicted molar refractivity (Wildman–Crippen MR) is 84.7 cm³/mol. The number of carbonyl (C=O) groups is 1. The SMILES string of the molecule is CC(C)C1CC(=O)Nc2nc(N(C)C)c3ncccc3c21. The topological polar surface area (TPSA) is 58.1 Å². The molecule has 0 radical (unpaired) electrons. The molecule has 1 unspecified atom stereocenters. The molecule has 0 aromatic carbocycles. The third kappa shape index (κ3) is 2.22. The number of fused-ring (bicyclic) bond motifs is 3. The zero-order valence-corrected chi connectivity index (χ0v) is 12.8. The zero-order valence-electron chi connectivity index (χ0n) is 12.8. The minimum Gasteiger partial charge on any atom is -0.361 e. The maximum absolute atomic E-state index is 12.0. The van der Waals surface area contributed by atoms with Crippen LogP contribution in [-0.4, -0.2) is 30.0 Å². The van der Waals surface area contributed by atoms with Gasteiger partial charge in [-0.15, -0.1) is 0 Å². The van der Waals surface area contributed by atoms with Gasteiger partial charge in [0.1, 0.15) is 11.3 Å². The van der Waals surface area contributed by atoms with Gasteiger partial charge in [-0.05, 0) is 17.9 Å². The van der Waals surface area contributed by atoms with Gasteiger partial charge in [0.2, 0.25) is 5.91 Å². The van der Waals surface area contributed by atoms with E-state index in [1.54, 1.807) is 6.20 Å². The first-order chi connectivity index (χ1) is 9.99. The van der Waals surface area contributed by atoms with E-state index in [1.807, 2.05) is 25.1 Å². The van der Waals surface area contributed by atoms with Gasteiger partial charge in [0, 0.05) is 37.7 Å². The molecule has 5 nitrogen and oxygen atoms in total. The van der Waals surface area contributed by atoms with Crippen LogP contribution < -0.4 is 10.2 Å². The van der Waals surface area contributed by atoms with Crippen molar-refractivity contribution in [2.45, 2.75) is 26.2 Å². The highest BCUT2D eigenvalue weighted by atomic mass is 16.1. The molecule has 2 aromatic heterocycles. The highest BCUT2D eigenvalue weighted by Crippen LogP contribution is 2.42. The van der Waals surface area contributed by atoms with Crippen LogP contribution >= 0.6 is 0 Å². The lowest BCUT2D eigenvalue weighted by Gasteiger charge is -2.30. The second-order valence-corrected chi connectivity index (χ2v) is 6.09. The van der Waals surface area contributed by atoms with Gasteiger partial charge in [-0.2, -0.15) is 0 Å². The van der Waals surface area contributed by atoms with Crippen LogP contribution in [0.3, 0.4) is 0 Å². The van der Waals surface area contributed by atoms with Crippen molar-refractivity contribution in [3.05, 3.63) is 23.9 Å². The summed E-state index contributed by atoms with van der Waals surface area (Å²) in [5.74, 6) is 2.08. The number of rotatable bonds is 2. The first-order valence-corrected chi connectivity index (χ1v) is 7.25. The maximum atomic E-state index is 12.0. The van der Waals surface area contributed by atoms with Gasteiger partial charge in [0.25, 0.3) is 0 Å². The summed E-state index contributed by atoms with van der Waals surface area (Å²) in [5, 5.41) is 4.02. The average Bonchev–Trinajstić information content (AvgIpc) is 2.44. The zero-order chi connectivity index (χ0) is 15.1. The van der Waals surface area contributed by atoms with Crippen LogP contribution in [0.25, 0.3) is 10.9 Å². The Morgan fingerprint density at radius 2 is 2.14 bits per heavy atom. The molecule has 3 rings (SSSR count). The summed E-state index contributed by atoms with van der Waals surface area (Å²) in [5.41, 5.74) is 2.02. The number of hydrogen-bond donors (Lipinski definition) is 1. The van der Waals surface area contributed by atoms with E-state index in [0.717, 1.165) is 22.3 Å². The van der Waals surface area contributed by atoms with Crippen LogP contribution in [0.1, 0.15) is 31.7 Å². The van der Waals surface area contributed by atoms with Gasteiger partial charge in [-0.25, -0.2) is 4.98 Å². The van der Waals surface area contributed by atoms with Gasteiger partial charge in [-0.1, -0.05) is 19.9 Å². The van der Waals surface area contributed by atoms with Gasteiger partial charge in [0.15, 0.2) is 5.82 Å². The van der Waals surface area contributed by atoms with Crippen LogP contribution in [-0.2, 0) is 4.79 Å². The summed E-state index contributed by atoms with van der Waals surface area (Å²) in [7, 11) is 3.88. The van der Waals surface area contributed by atoms with Crippen molar-refractivity contribution in [3.8, 4) is 0 Å². The fraction of sp³-hybridized carbons (Fsp3) is 0.438. The van der Waals surface area contributed by atoms with Crippen molar-refractivity contribution in [1.29, 1.82) is 0 Å². The van der Waals surface area contributed by atoms with Crippen LogP contribution in [0.2, 0.25) is 0 Å². The lowest BCUT2D eigenvalue weighted by atomic mass is 9.82. The van der Waals surface area contributed by atoms with Crippen LogP contribution in [0.5, 0.6) is 0 Å². The molecule has 5 heteroatoms. The Bertz CT molecular complexity index is 709. The van der Waals surface area contributed by atoms with Gasteiger partial charge >= 0.3 is 0 Å². The van der Waals surface area contributed by atoms with E-state index < -0.39 is 0 Å². The number of amides is 1. The quantitative estimate of drug-likeness (QED) is 0.921. The molecular formula is C16H20N4O. The molecule has 2 aromatic rings. The largest absolute Gasteiger partial charge is 0.361 e. The Balaban J connectivity index is 2.35. The van der Waals surface area contributed by atoms with Crippen molar-refractivity contribution < 1.29 is 4.79 Å². The van der Waals surface area contributed by atoms with Crippen molar-refractivity contribution in [2.75, 3.05) is 24.3 Å². The summed E-state index contributed by atoms with van der Waals surface area (Å²) in [6.07, 6.45) is 2.30. The Morgan fingerprint density at radius 3 is 2.81 bits per heavy atom. The number of pyridine rings is 2. The highest BCUT2D eigenvalue weighted by molar-refractivity contribution is 6.01. The number of carbonyl (C=O) groups excluding carboxylic acids is 1. The summed E-state index contributed by atoms with van der Waals surface area (Å²) in [6.45, 7) is 4.30. The Kier molecular flexibility index (Phi) is 3.27. The molecule has 0 fully saturated rings. The van der Waals surface area contributed by atoms with Crippen LogP contribution in [0.15, 0.2) is 18.3 Å². The molecule has 110 valence electrons. The van der Waals surface area contributed by atoms with Crippen molar-refractivity contribution >= 4 is 28.4 Å². The first-order valence-electron chi connectivity index (χ1n) is 7.25. The third-order valence-corrected chi connectivity index (χ3v) is 4.04. The normalized spacial score (nSPS) is 17.8.